The van der Waals surface area contributed by atoms with Gasteiger partial charge in [-0.3, -0.25) is 14.4 Å². The molecule has 6 heteroatoms. The first-order chi connectivity index (χ1) is 13.7. The Morgan fingerprint density at radius 1 is 0.607 bits per heavy atom. The van der Waals surface area contributed by atoms with Crippen molar-refractivity contribution >= 4 is 11.8 Å². The highest BCUT2D eigenvalue weighted by Crippen LogP contribution is 2.24. The Balaban J connectivity index is 1.26. The average molecular weight is 375 g/mol. The van der Waals surface area contributed by atoms with Crippen LogP contribution in [0.1, 0.15) is 20.7 Å². The summed E-state index contributed by atoms with van der Waals surface area (Å²) < 4.78 is 11.3. The molecule has 0 unspecified atom stereocenters. The number of rotatable bonds is 7. The Hall–Kier alpha value is -3.64. The molecule has 3 aromatic carbocycles. The van der Waals surface area contributed by atoms with Crippen LogP contribution in [0, 0.1) is 0 Å². The maximum absolute atomic E-state index is 12.2. The quantitative estimate of drug-likeness (QED) is 0.460. The highest BCUT2D eigenvalue weighted by molar-refractivity contribution is 6.20. The van der Waals surface area contributed by atoms with E-state index in [1.165, 1.54) is 0 Å². The zero-order valence-electron chi connectivity index (χ0n) is 14.9. The minimum absolute atomic E-state index is 0.0632. The van der Waals surface area contributed by atoms with E-state index in [0.29, 0.717) is 22.6 Å². The number of ether oxygens (including phenoxy) is 2. The first-order valence-corrected chi connectivity index (χ1v) is 8.79. The summed E-state index contributed by atoms with van der Waals surface area (Å²) in [6.45, 7) is 0.250. The van der Waals surface area contributed by atoms with Gasteiger partial charge in [-0.1, -0.05) is 30.3 Å². The van der Waals surface area contributed by atoms with E-state index in [1.54, 1.807) is 48.5 Å². The van der Waals surface area contributed by atoms with Crippen molar-refractivity contribution in [1.29, 1.82) is 0 Å². The van der Waals surface area contributed by atoms with Crippen molar-refractivity contribution in [2.24, 2.45) is 0 Å². The van der Waals surface area contributed by atoms with E-state index in [9.17, 15) is 9.59 Å². The molecule has 0 aliphatic carbocycles. The number of hydrogen-bond donors (Lipinski definition) is 0. The van der Waals surface area contributed by atoms with Crippen molar-refractivity contribution in [3.8, 4) is 17.2 Å². The van der Waals surface area contributed by atoms with Gasteiger partial charge in [-0.05, 0) is 48.5 Å². The molecule has 28 heavy (non-hydrogen) atoms. The number of imide groups is 1. The standard InChI is InChI=1S/C22H17NO5/c24-21-19-8-4-5-9-20(19)22(25)23(21)27-15-14-26-16-10-12-18(13-11-16)28-17-6-2-1-3-7-17/h1-13H,14-15H2. The number of amides is 2. The van der Waals surface area contributed by atoms with Crippen LogP contribution < -0.4 is 9.47 Å². The molecule has 0 atom stereocenters. The number of para-hydroxylation sites is 1. The van der Waals surface area contributed by atoms with Crippen molar-refractivity contribution < 1.29 is 23.9 Å². The molecule has 1 heterocycles. The number of hydroxylamine groups is 2. The second-order valence-corrected chi connectivity index (χ2v) is 6.02. The van der Waals surface area contributed by atoms with Crippen LogP contribution in [0.25, 0.3) is 0 Å². The van der Waals surface area contributed by atoms with Crippen LogP contribution in [0.15, 0.2) is 78.9 Å². The third kappa shape index (κ3) is 3.72. The van der Waals surface area contributed by atoms with E-state index >= 15 is 0 Å². The summed E-state index contributed by atoms with van der Waals surface area (Å²) in [6, 6.07) is 23.3. The summed E-state index contributed by atoms with van der Waals surface area (Å²) in [5.41, 5.74) is 0.699. The number of benzene rings is 3. The van der Waals surface area contributed by atoms with Crippen molar-refractivity contribution in [3.63, 3.8) is 0 Å². The Bertz CT molecular complexity index is 950. The minimum atomic E-state index is -0.456. The van der Waals surface area contributed by atoms with Crippen molar-refractivity contribution in [2.75, 3.05) is 13.2 Å². The third-order valence-corrected chi connectivity index (χ3v) is 4.13. The molecule has 0 aromatic heterocycles. The minimum Gasteiger partial charge on any atom is -0.491 e. The topological polar surface area (TPSA) is 65.1 Å². The van der Waals surface area contributed by atoms with Crippen LogP contribution in [-0.4, -0.2) is 30.1 Å². The summed E-state index contributed by atoms with van der Waals surface area (Å²) in [5.74, 6) is 1.17. The van der Waals surface area contributed by atoms with Gasteiger partial charge in [0.25, 0.3) is 11.8 Å². The highest BCUT2D eigenvalue weighted by Gasteiger charge is 2.36. The number of carbonyl (C=O) groups is 2. The normalized spacial score (nSPS) is 12.8. The van der Waals surface area contributed by atoms with Crippen LogP contribution in [0.3, 0.4) is 0 Å². The van der Waals surface area contributed by atoms with Crippen LogP contribution in [0.2, 0.25) is 0 Å². The summed E-state index contributed by atoms with van der Waals surface area (Å²) in [6.07, 6.45) is 0. The molecular weight excluding hydrogens is 358 g/mol. The van der Waals surface area contributed by atoms with Gasteiger partial charge in [0.05, 0.1) is 11.1 Å². The molecule has 0 radical (unpaired) electrons. The summed E-state index contributed by atoms with van der Waals surface area (Å²) in [7, 11) is 0. The van der Waals surface area contributed by atoms with Crippen LogP contribution in [-0.2, 0) is 4.84 Å². The van der Waals surface area contributed by atoms with Gasteiger partial charge >= 0.3 is 0 Å². The smallest absolute Gasteiger partial charge is 0.285 e. The number of carbonyl (C=O) groups excluding carboxylic acids is 2. The van der Waals surface area contributed by atoms with E-state index in [4.69, 9.17) is 14.3 Å². The SMILES string of the molecule is O=C1c2ccccc2C(=O)N1OCCOc1ccc(Oc2ccccc2)cc1. The fraction of sp³-hybridized carbons (Fsp3) is 0.0909. The maximum atomic E-state index is 12.2. The Labute approximate surface area is 161 Å². The molecule has 0 spiro atoms. The predicted molar refractivity (Wildman–Crippen MR) is 101 cm³/mol. The van der Waals surface area contributed by atoms with Gasteiger partial charge < -0.3 is 9.47 Å². The summed E-state index contributed by atoms with van der Waals surface area (Å²) in [5, 5.41) is 0.783. The molecule has 4 rings (SSSR count). The Morgan fingerprint density at radius 3 is 1.79 bits per heavy atom. The molecule has 0 saturated carbocycles. The van der Waals surface area contributed by atoms with E-state index in [2.05, 4.69) is 0 Å². The molecule has 1 aliphatic heterocycles. The summed E-state index contributed by atoms with van der Waals surface area (Å²) >= 11 is 0. The molecule has 0 N–H and O–H groups in total. The van der Waals surface area contributed by atoms with Crippen molar-refractivity contribution in [3.05, 3.63) is 90.0 Å². The number of hydrogen-bond acceptors (Lipinski definition) is 5. The van der Waals surface area contributed by atoms with E-state index in [1.807, 2.05) is 30.3 Å². The second-order valence-electron chi connectivity index (χ2n) is 6.02. The Kier molecular flexibility index (Phi) is 5.03. The summed E-state index contributed by atoms with van der Waals surface area (Å²) in [4.78, 5) is 29.7. The van der Waals surface area contributed by atoms with E-state index < -0.39 is 11.8 Å². The van der Waals surface area contributed by atoms with Crippen LogP contribution in [0.5, 0.6) is 17.2 Å². The average Bonchev–Trinajstić information content (AvgIpc) is 2.98. The van der Waals surface area contributed by atoms with Crippen LogP contribution in [0.4, 0.5) is 0 Å². The molecule has 140 valence electrons. The third-order valence-electron chi connectivity index (χ3n) is 4.13. The fourth-order valence-corrected chi connectivity index (χ4v) is 2.80. The molecule has 0 fully saturated rings. The lowest BCUT2D eigenvalue weighted by Gasteiger charge is -2.14. The van der Waals surface area contributed by atoms with E-state index in [-0.39, 0.29) is 13.2 Å². The van der Waals surface area contributed by atoms with Gasteiger partial charge in [0.15, 0.2) is 0 Å². The van der Waals surface area contributed by atoms with E-state index in [0.717, 1.165) is 10.8 Å². The van der Waals surface area contributed by atoms with Crippen LogP contribution >= 0.6 is 0 Å². The largest absolute Gasteiger partial charge is 0.491 e. The lowest BCUT2D eigenvalue weighted by atomic mass is 10.1. The van der Waals surface area contributed by atoms with Gasteiger partial charge in [-0.25, -0.2) is 0 Å². The van der Waals surface area contributed by atoms with Gasteiger partial charge in [0.2, 0.25) is 0 Å². The first-order valence-electron chi connectivity index (χ1n) is 8.79. The maximum Gasteiger partial charge on any atom is 0.285 e. The van der Waals surface area contributed by atoms with Crippen molar-refractivity contribution in [2.45, 2.75) is 0 Å². The predicted octanol–water partition coefficient (Wildman–Crippen LogP) is 4.09. The molecule has 1 aliphatic rings. The van der Waals surface area contributed by atoms with Gasteiger partial charge in [0.1, 0.15) is 30.5 Å². The number of nitrogens with zero attached hydrogens (tertiary/aromatic N) is 1. The number of fused-ring (bicyclic) bond motifs is 1. The zero-order chi connectivity index (χ0) is 19.3. The monoisotopic (exact) mass is 375 g/mol. The molecule has 0 bridgehead atoms. The molecule has 2 amide bonds. The van der Waals surface area contributed by atoms with Gasteiger partial charge in [-0.15, -0.1) is 5.06 Å². The second kappa shape index (κ2) is 7.94. The fourth-order valence-electron chi connectivity index (χ4n) is 2.80. The zero-order valence-corrected chi connectivity index (χ0v) is 14.9. The Morgan fingerprint density at radius 2 is 1.14 bits per heavy atom. The molecular formula is C22H17NO5. The van der Waals surface area contributed by atoms with Crippen molar-refractivity contribution in [1.82, 2.24) is 5.06 Å². The molecule has 3 aromatic rings. The highest BCUT2D eigenvalue weighted by atomic mass is 16.7. The lowest BCUT2D eigenvalue weighted by molar-refractivity contribution is -0.0976. The first kappa shape index (κ1) is 17.8. The van der Waals surface area contributed by atoms with Gasteiger partial charge in [0, 0.05) is 0 Å². The lowest BCUT2D eigenvalue weighted by Crippen LogP contribution is -2.31. The molecule has 6 nitrogen and oxygen atoms in total. The van der Waals surface area contributed by atoms with Gasteiger partial charge in [-0.2, -0.15) is 0 Å². The molecule has 0 saturated heterocycles.